The van der Waals surface area contributed by atoms with Gasteiger partial charge in [0.25, 0.3) is 0 Å². The van der Waals surface area contributed by atoms with Crippen molar-refractivity contribution in [1.82, 2.24) is 4.90 Å². The normalized spacial score (nSPS) is 18.8. The van der Waals surface area contributed by atoms with Gasteiger partial charge in [0, 0.05) is 26.8 Å². The van der Waals surface area contributed by atoms with Gasteiger partial charge >= 0.3 is 0 Å². The highest BCUT2D eigenvalue weighted by Gasteiger charge is 2.21. The number of methoxy groups -OCH3 is 1. The fraction of sp³-hybridized carbons (Fsp3) is 1.00. The number of aliphatic hydroxyl groups is 1. The third kappa shape index (κ3) is 9.35. The van der Waals surface area contributed by atoms with Crippen LogP contribution in [0, 0.1) is 5.92 Å². The summed E-state index contributed by atoms with van der Waals surface area (Å²) < 4.78 is 16.0. The molecule has 5 nitrogen and oxygen atoms in total. The van der Waals surface area contributed by atoms with Gasteiger partial charge in [-0.2, -0.15) is 0 Å². The first-order chi connectivity index (χ1) is 9.11. The van der Waals surface area contributed by atoms with Crippen LogP contribution in [0.2, 0.25) is 0 Å². The Morgan fingerprint density at radius 3 is 2.68 bits per heavy atom. The molecule has 0 aromatic carbocycles. The largest absolute Gasteiger partial charge is 0.389 e. The van der Waals surface area contributed by atoms with Gasteiger partial charge in [0.15, 0.2) is 0 Å². The van der Waals surface area contributed by atoms with Gasteiger partial charge in [-0.25, -0.2) is 0 Å². The molecule has 2 unspecified atom stereocenters. The topological polar surface area (TPSA) is 51.2 Å². The van der Waals surface area contributed by atoms with Gasteiger partial charge in [0.05, 0.1) is 32.0 Å². The van der Waals surface area contributed by atoms with Crippen LogP contribution < -0.4 is 0 Å². The Morgan fingerprint density at radius 2 is 2.05 bits per heavy atom. The minimum atomic E-state index is -0.465. The summed E-state index contributed by atoms with van der Waals surface area (Å²) >= 11 is 0. The third-order valence-electron chi connectivity index (χ3n) is 3.16. The average molecular weight is 275 g/mol. The van der Waals surface area contributed by atoms with Gasteiger partial charge in [-0.3, -0.25) is 0 Å². The van der Waals surface area contributed by atoms with E-state index in [4.69, 9.17) is 14.2 Å². The number of hydrogen-bond acceptors (Lipinski definition) is 5. The highest BCUT2D eigenvalue weighted by molar-refractivity contribution is 4.72. The minimum Gasteiger partial charge on any atom is -0.389 e. The van der Waals surface area contributed by atoms with E-state index >= 15 is 0 Å². The van der Waals surface area contributed by atoms with Crippen molar-refractivity contribution in [2.75, 3.05) is 53.7 Å². The zero-order valence-electron chi connectivity index (χ0n) is 12.5. The van der Waals surface area contributed by atoms with Crippen molar-refractivity contribution in [2.24, 2.45) is 5.92 Å². The molecule has 0 bridgehead atoms. The smallest absolute Gasteiger partial charge is 0.0900 e. The van der Waals surface area contributed by atoms with Crippen LogP contribution in [0.5, 0.6) is 0 Å². The maximum absolute atomic E-state index is 9.84. The van der Waals surface area contributed by atoms with Gasteiger partial charge in [0.1, 0.15) is 0 Å². The standard InChI is InChI=1S/C14H29NO4/c1-12(9-17-3)19-11-14(16)8-15(2)6-7-18-10-13-4-5-13/h12-14,16H,4-11H2,1-3H3. The molecule has 1 aliphatic rings. The Labute approximate surface area is 116 Å². The predicted molar refractivity (Wildman–Crippen MR) is 74.3 cm³/mol. The molecule has 0 aliphatic heterocycles. The van der Waals surface area contributed by atoms with Crippen LogP contribution in [0.1, 0.15) is 19.8 Å². The van der Waals surface area contributed by atoms with Crippen molar-refractivity contribution in [1.29, 1.82) is 0 Å². The molecular formula is C14H29NO4. The molecule has 1 rings (SSSR count). The Balaban J connectivity index is 1.94. The molecule has 1 saturated carbocycles. The van der Waals surface area contributed by atoms with Gasteiger partial charge < -0.3 is 24.2 Å². The van der Waals surface area contributed by atoms with E-state index in [9.17, 15) is 5.11 Å². The molecule has 0 amide bonds. The summed E-state index contributed by atoms with van der Waals surface area (Å²) in [6.45, 7) is 5.92. The lowest BCUT2D eigenvalue weighted by Gasteiger charge is -2.21. The maximum atomic E-state index is 9.84. The Kier molecular flexibility index (Phi) is 8.57. The maximum Gasteiger partial charge on any atom is 0.0900 e. The molecule has 0 radical (unpaired) electrons. The van der Waals surface area contributed by atoms with Gasteiger partial charge in [0.2, 0.25) is 0 Å². The Bertz CT molecular complexity index is 223. The number of hydrogen-bond donors (Lipinski definition) is 1. The summed E-state index contributed by atoms with van der Waals surface area (Å²) in [5, 5.41) is 9.84. The summed E-state index contributed by atoms with van der Waals surface area (Å²) in [6, 6.07) is 0. The molecule has 0 aromatic rings. The summed E-state index contributed by atoms with van der Waals surface area (Å²) in [6.07, 6.45) is 2.21. The van der Waals surface area contributed by atoms with E-state index in [1.54, 1.807) is 7.11 Å². The number of likely N-dealkylation sites (N-methyl/N-ethyl adjacent to an activating group) is 1. The second-order valence-corrected chi connectivity index (χ2v) is 5.53. The van der Waals surface area contributed by atoms with Crippen molar-refractivity contribution >= 4 is 0 Å². The van der Waals surface area contributed by atoms with E-state index in [0.717, 1.165) is 25.7 Å². The van der Waals surface area contributed by atoms with Crippen LogP contribution in [0.3, 0.4) is 0 Å². The third-order valence-corrected chi connectivity index (χ3v) is 3.16. The first kappa shape index (κ1) is 16.9. The average Bonchev–Trinajstić information content (AvgIpc) is 3.16. The summed E-state index contributed by atoms with van der Waals surface area (Å²) in [4.78, 5) is 2.07. The molecule has 0 heterocycles. The first-order valence-corrected chi connectivity index (χ1v) is 7.16. The molecule has 2 atom stereocenters. The molecule has 1 N–H and O–H groups in total. The fourth-order valence-corrected chi connectivity index (χ4v) is 1.82. The first-order valence-electron chi connectivity index (χ1n) is 7.16. The van der Waals surface area contributed by atoms with Crippen molar-refractivity contribution < 1.29 is 19.3 Å². The fourth-order valence-electron chi connectivity index (χ4n) is 1.82. The minimum absolute atomic E-state index is 0.0202. The van der Waals surface area contributed by atoms with E-state index in [2.05, 4.69) is 4.90 Å². The van der Waals surface area contributed by atoms with Gasteiger partial charge in [-0.1, -0.05) is 0 Å². The van der Waals surface area contributed by atoms with Crippen LogP contribution in [0.25, 0.3) is 0 Å². The number of aliphatic hydroxyl groups excluding tert-OH is 1. The lowest BCUT2D eigenvalue weighted by molar-refractivity contribution is -0.0393. The number of nitrogens with zero attached hydrogens (tertiary/aromatic N) is 1. The molecule has 0 saturated heterocycles. The summed E-state index contributed by atoms with van der Waals surface area (Å²) in [7, 11) is 3.63. The van der Waals surface area contributed by atoms with Gasteiger partial charge in [-0.05, 0) is 32.7 Å². The van der Waals surface area contributed by atoms with Crippen LogP contribution >= 0.6 is 0 Å². The van der Waals surface area contributed by atoms with E-state index < -0.39 is 6.10 Å². The van der Waals surface area contributed by atoms with E-state index in [1.165, 1.54) is 12.8 Å². The highest BCUT2D eigenvalue weighted by Crippen LogP contribution is 2.28. The van der Waals surface area contributed by atoms with Crippen LogP contribution in [-0.2, 0) is 14.2 Å². The Hall–Kier alpha value is -0.200. The monoisotopic (exact) mass is 275 g/mol. The summed E-state index contributed by atoms with van der Waals surface area (Å²) in [5.41, 5.74) is 0. The van der Waals surface area contributed by atoms with Crippen LogP contribution in [0.15, 0.2) is 0 Å². The number of rotatable bonds is 12. The summed E-state index contributed by atoms with van der Waals surface area (Å²) in [5.74, 6) is 0.812. The molecule has 114 valence electrons. The number of ether oxygens (including phenoxy) is 3. The van der Waals surface area contributed by atoms with Crippen molar-refractivity contribution in [3.8, 4) is 0 Å². The van der Waals surface area contributed by atoms with Crippen molar-refractivity contribution in [2.45, 2.75) is 32.0 Å². The molecule has 1 aliphatic carbocycles. The Morgan fingerprint density at radius 1 is 1.32 bits per heavy atom. The van der Waals surface area contributed by atoms with Crippen molar-refractivity contribution in [3.05, 3.63) is 0 Å². The quantitative estimate of drug-likeness (QED) is 0.533. The molecule has 1 fully saturated rings. The van der Waals surface area contributed by atoms with Gasteiger partial charge in [-0.15, -0.1) is 0 Å². The molecular weight excluding hydrogens is 246 g/mol. The SMILES string of the molecule is COCC(C)OCC(O)CN(C)CCOCC1CC1. The molecule has 0 spiro atoms. The second kappa shape index (κ2) is 9.66. The molecule has 19 heavy (non-hydrogen) atoms. The van der Waals surface area contributed by atoms with E-state index in [-0.39, 0.29) is 6.10 Å². The zero-order valence-corrected chi connectivity index (χ0v) is 12.5. The lowest BCUT2D eigenvalue weighted by Crippen LogP contribution is -2.35. The molecule has 5 heteroatoms. The predicted octanol–water partition coefficient (Wildman–Crippen LogP) is 0.757. The second-order valence-electron chi connectivity index (χ2n) is 5.53. The van der Waals surface area contributed by atoms with Crippen LogP contribution in [-0.4, -0.2) is 75.9 Å². The van der Waals surface area contributed by atoms with E-state index in [1.807, 2.05) is 14.0 Å². The molecule has 0 aromatic heterocycles. The van der Waals surface area contributed by atoms with Crippen LogP contribution in [0.4, 0.5) is 0 Å². The zero-order chi connectivity index (χ0) is 14.1. The van der Waals surface area contributed by atoms with Crippen molar-refractivity contribution in [3.63, 3.8) is 0 Å². The highest BCUT2D eigenvalue weighted by atomic mass is 16.5. The van der Waals surface area contributed by atoms with E-state index in [0.29, 0.717) is 19.8 Å². The lowest BCUT2D eigenvalue weighted by atomic mass is 10.3.